The topological polar surface area (TPSA) is 38.3 Å². The molecule has 17 heavy (non-hydrogen) atoms. The third-order valence-electron chi connectivity index (χ3n) is 3.44. The zero-order valence-electron chi connectivity index (χ0n) is 11.3. The maximum Gasteiger partial charge on any atom is 0.323 e. The molecule has 0 aliphatic heterocycles. The lowest BCUT2D eigenvalue weighted by atomic mass is 10.1. The summed E-state index contributed by atoms with van der Waals surface area (Å²) in [5, 5.41) is 3.51. The molecular weight excluding hydrogens is 214 g/mol. The van der Waals surface area contributed by atoms with Crippen molar-refractivity contribution in [3.05, 3.63) is 0 Å². The number of rotatable bonds is 6. The van der Waals surface area contributed by atoms with E-state index in [0.29, 0.717) is 12.6 Å². The molecule has 0 spiro atoms. The molecule has 0 radical (unpaired) electrons. The second kappa shape index (κ2) is 8.51. The largest absolute Gasteiger partial charge is 0.465 e. The van der Waals surface area contributed by atoms with Crippen molar-refractivity contribution >= 4 is 5.97 Å². The molecule has 0 aromatic heterocycles. The Labute approximate surface area is 105 Å². The SMILES string of the molecule is CCCC(NC1CCCCCC1)C(=O)OCC. The predicted molar refractivity (Wildman–Crippen MR) is 70.0 cm³/mol. The molecule has 0 heterocycles. The number of hydrogen-bond donors (Lipinski definition) is 1. The van der Waals surface area contributed by atoms with Crippen LogP contribution in [0, 0.1) is 0 Å². The van der Waals surface area contributed by atoms with Gasteiger partial charge >= 0.3 is 5.97 Å². The predicted octanol–water partition coefficient (Wildman–Crippen LogP) is 3.03. The molecule has 3 nitrogen and oxygen atoms in total. The first-order valence-electron chi connectivity index (χ1n) is 7.20. The number of nitrogens with one attached hydrogen (secondary N) is 1. The molecular formula is C14H27NO2. The summed E-state index contributed by atoms with van der Waals surface area (Å²) in [5.41, 5.74) is 0. The summed E-state index contributed by atoms with van der Waals surface area (Å²) in [6, 6.07) is 0.418. The highest BCUT2D eigenvalue weighted by atomic mass is 16.5. The molecule has 100 valence electrons. The Balaban J connectivity index is 2.43. The summed E-state index contributed by atoms with van der Waals surface area (Å²) in [4.78, 5) is 11.8. The van der Waals surface area contributed by atoms with Crippen molar-refractivity contribution < 1.29 is 9.53 Å². The highest BCUT2D eigenvalue weighted by molar-refractivity contribution is 5.75. The fourth-order valence-electron chi connectivity index (χ4n) is 2.53. The van der Waals surface area contributed by atoms with Crippen molar-refractivity contribution in [3.63, 3.8) is 0 Å². The van der Waals surface area contributed by atoms with Crippen LogP contribution in [-0.4, -0.2) is 24.7 Å². The lowest BCUT2D eigenvalue weighted by molar-refractivity contribution is -0.146. The summed E-state index contributed by atoms with van der Waals surface area (Å²) in [7, 11) is 0. The number of carbonyl (C=O) groups is 1. The molecule has 1 fully saturated rings. The normalized spacial score (nSPS) is 19.6. The number of esters is 1. The van der Waals surface area contributed by atoms with Crippen molar-refractivity contribution in [1.29, 1.82) is 0 Å². The Morgan fingerprint density at radius 3 is 2.41 bits per heavy atom. The molecule has 1 aliphatic carbocycles. The zero-order chi connectivity index (χ0) is 12.5. The van der Waals surface area contributed by atoms with Crippen molar-refractivity contribution in [2.75, 3.05) is 6.61 Å². The van der Waals surface area contributed by atoms with Gasteiger partial charge in [0.25, 0.3) is 0 Å². The van der Waals surface area contributed by atoms with E-state index in [1.807, 2.05) is 6.92 Å². The van der Waals surface area contributed by atoms with Crippen LogP contribution in [0.3, 0.4) is 0 Å². The summed E-state index contributed by atoms with van der Waals surface area (Å²) in [6.07, 6.45) is 9.59. The summed E-state index contributed by atoms with van der Waals surface area (Å²) in [6.45, 7) is 4.46. The first kappa shape index (κ1) is 14.5. The molecule has 1 rings (SSSR count). The first-order valence-corrected chi connectivity index (χ1v) is 7.20. The average Bonchev–Trinajstić information content (AvgIpc) is 2.57. The van der Waals surface area contributed by atoms with Crippen molar-refractivity contribution in [1.82, 2.24) is 5.32 Å². The van der Waals surface area contributed by atoms with Crippen LogP contribution in [-0.2, 0) is 9.53 Å². The summed E-state index contributed by atoms with van der Waals surface area (Å²) in [5.74, 6) is -0.0707. The van der Waals surface area contributed by atoms with E-state index in [1.165, 1.54) is 38.5 Å². The number of carbonyl (C=O) groups excluding carboxylic acids is 1. The van der Waals surface area contributed by atoms with Gasteiger partial charge in [0.15, 0.2) is 0 Å². The second-order valence-electron chi connectivity index (χ2n) is 4.95. The smallest absolute Gasteiger partial charge is 0.323 e. The van der Waals surface area contributed by atoms with E-state index in [0.717, 1.165) is 12.8 Å². The molecule has 1 atom stereocenters. The Morgan fingerprint density at radius 2 is 1.88 bits per heavy atom. The van der Waals surface area contributed by atoms with Crippen molar-refractivity contribution in [2.24, 2.45) is 0 Å². The van der Waals surface area contributed by atoms with Gasteiger partial charge in [0.05, 0.1) is 6.61 Å². The van der Waals surface area contributed by atoms with E-state index < -0.39 is 0 Å². The van der Waals surface area contributed by atoms with Crippen LogP contribution in [0.4, 0.5) is 0 Å². The maximum absolute atomic E-state index is 11.8. The van der Waals surface area contributed by atoms with Crippen LogP contribution in [0.1, 0.15) is 65.2 Å². The molecule has 1 unspecified atom stereocenters. The minimum atomic E-state index is -0.0944. The minimum absolute atomic E-state index is 0.0707. The number of hydrogen-bond acceptors (Lipinski definition) is 3. The van der Waals surface area contributed by atoms with Crippen LogP contribution < -0.4 is 5.32 Å². The summed E-state index contributed by atoms with van der Waals surface area (Å²) >= 11 is 0. The zero-order valence-corrected chi connectivity index (χ0v) is 11.3. The van der Waals surface area contributed by atoms with E-state index in [2.05, 4.69) is 12.2 Å². The van der Waals surface area contributed by atoms with Gasteiger partial charge in [-0.15, -0.1) is 0 Å². The molecule has 3 heteroatoms. The molecule has 0 aromatic rings. The van der Waals surface area contributed by atoms with Crippen LogP contribution >= 0.6 is 0 Å². The molecule has 1 N–H and O–H groups in total. The Bertz CT molecular complexity index is 210. The molecule has 0 saturated heterocycles. The van der Waals surface area contributed by atoms with Crippen LogP contribution in [0.25, 0.3) is 0 Å². The first-order chi connectivity index (χ1) is 8.27. The highest BCUT2D eigenvalue weighted by Gasteiger charge is 2.22. The van der Waals surface area contributed by atoms with Gasteiger partial charge in [0, 0.05) is 6.04 Å². The van der Waals surface area contributed by atoms with Gasteiger partial charge in [-0.1, -0.05) is 39.0 Å². The van der Waals surface area contributed by atoms with E-state index in [1.54, 1.807) is 0 Å². The Hall–Kier alpha value is -0.570. The Kier molecular flexibility index (Phi) is 7.25. The van der Waals surface area contributed by atoms with E-state index in [-0.39, 0.29) is 12.0 Å². The minimum Gasteiger partial charge on any atom is -0.465 e. The molecule has 0 bridgehead atoms. The van der Waals surface area contributed by atoms with Crippen molar-refractivity contribution in [2.45, 2.75) is 77.3 Å². The van der Waals surface area contributed by atoms with Gasteiger partial charge in [0.1, 0.15) is 6.04 Å². The highest BCUT2D eigenvalue weighted by Crippen LogP contribution is 2.18. The van der Waals surface area contributed by atoms with Gasteiger partial charge in [-0.3, -0.25) is 4.79 Å². The average molecular weight is 241 g/mol. The Morgan fingerprint density at radius 1 is 1.24 bits per heavy atom. The van der Waals surface area contributed by atoms with Crippen molar-refractivity contribution in [3.8, 4) is 0 Å². The quantitative estimate of drug-likeness (QED) is 0.574. The fraction of sp³-hybridized carbons (Fsp3) is 0.929. The molecule has 1 saturated carbocycles. The van der Waals surface area contributed by atoms with Crippen LogP contribution in [0.15, 0.2) is 0 Å². The van der Waals surface area contributed by atoms with Gasteiger partial charge in [-0.2, -0.15) is 0 Å². The molecule has 1 aliphatic rings. The second-order valence-corrected chi connectivity index (χ2v) is 4.95. The molecule has 0 aromatic carbocycles. The summed E-state index contributed by atoms with van der Waals surface area (Å²) < 4.78 is 5.13. The maximum atomic E-state index is 11.8. The van der Waals surface area contributed by atoms with Crippen LogP contribution in [0.5, 0.6) is 0 Å². The third-order valence-corrected chi connectivity index (χ3v) is 3.44. The van der Waals surface area contributed by atoms with Gasteiger partial charge in [0.2, 0.25) is 0 Å². The lowest BCUT2D eigenvalue weighted by Crippen LogP contribution is -2.44. The van der Waals surface area contributed by atoms with E-state index in [9.17, 15) is 4.79 Å². The molecule has 0 amide bonds. The lowest BCUT2D eigenvalue weighted by Gasteiger charge is -2.23. The monoisotopic (exact) mass is 241 g/mol. The third kappa shape index (κ3) is 5.53. The number of ether oxygens (including phenoxy) is 1. The standard InChI is InChI=1S/C14H27NO2/c1-3-9-13(14(16)17-4-2)15-12-10-7-5-6-8-11-12/h12-13,15H,3-11H2,1-2H3. The van der Waals surface area contributed by atoms with E-state index in [4.69, 9.17) is 4.74 Å². The van der Waals surface area contributed by atoms with Gasteiger partial charge < -0.3 is 10.1 Å². The fourth-order valence-corrected chi connectivity index (χ4v) is 2.53. The van der Waals surface area contributed by atoms with Crippen LogP contribution in [0.2, 0.25) is 0 Å². The van der Waals surface area contributed by atoms with E-state index >= 15 is 0 Å². The van der Waals surface area contributed by atoms with Gasteiger partial charge in [-0.05, 0) is 26.2 Å². The van der Waals surface area contributed by atoms with Gasteiger partial charge in [-0.25, -0.2) is 0 Å².